The molecule has 1 rings (SSSR count). The van der Waals surface area contributed by atoms with Gasteiger partial charge < -0.3 is 40.3 Å². The zero-order valence-corrected chi connectivity index (χ0v) is 48.2. The molecule has 6 N–H and O–H groups in total. The normalized spacial score (nSPS) is 19.1. The number of rotatable bonds is 56. The third-order valence-electron chi connectivity index (χ3n) is 15.5. The number of hydrogen-bond acceptors (Lipinski definition) is 8. The Morgan fingerprint density at radius 1 is 0.452 bits per heavy atom. The van der Waals surface area contributed by atoms with E-state index in [0.717, 1.165) is 38.5 Å². The standard InChI is InChI=1S/C64H123NO8/c1-3-5-7-9-11-13-15-17-18-19-20-21-22-23-24-25-26-27-28-29-30-31-32-33-34-35-36-37-38-39-40-42-44-46-48-50-52-54-60(68)65-57(56-72-64-63(71)62(70)61(69)59(55-66)73-64)58(67)53-51-49-47-45-43-41-16-14-12-10-8-6-4-2/h19-20,51,53,57-59,61-64,66-67,69-71H,3-18,21-50,52,54-56H2,1-2H3,(H,65,68)/b20-19-,53-51+. The summed E-state index contributed by atoms with van der Waals surface area (Å²) >= 11 is 0. The van der Waals surface area contributed by atoms with E-state index >= 15 is 0 Å². The van der Waals surface area contributed by atoms with Gasteiger partial charge in [0.15, 0.2) is 6.29 Å². The van der Waals surface area contributed by atoms with Crippen LogP contribution in [0.15, 0.2) is 24.3 Å². The molecule has 1 aliphatic heterocycles. The monoisotopic (exact) mass is 1030 g/mol. The van der Waals surface area contributed by atoms with E-state index in [-0.39, 0.29) is 12.5 Å². The van der Waals surface area contributed by atoms with Crippen molar-refractivity contribution in [2.75, 3.05) is 13.2 Å². The number of nitrogens with one attached hydrogen (secondary N) is 1. The van der Waals surface area contributed by atoms with Crippen LogP contribution in [0.2, 0.25) is 0 Å². The largest absolute Gasteiger partial charge is 0.394 e. The second-order valence-electron chi connectivity index (χ2n) is 22.6. The molecule has 0 aromatic rings. The van der Waals surface area contributed by atoms with Crippen molar-refractivity contribution in [3.63, 3.8) is 0 Å². The van der Waals surface area contributed by atoms with E-state index in [0.29, 0.717) is 6.42 Å². The molecule has 0 aliphatic carbocycles. The number of amides is 1. The summed E-state index contributed by atoms with van der Waals surface area (Å²) in [6, 6.07) is -0.801. The maximum Gasteiger partial charge on any atom is 0.220 e. The maximum absolute atomic E-state index is 13.1. The first-order valence-corrected chi connectivity index (χ1v) is 32.1. The van der Waals surface area contributed by atoms with Gasteiger partial charge in [0, 0.05) is 6.42 Å². The Morgan fingerprint density at radius 2 is 0.767 bits per heavy atom. The molecule has 0 bridgehead atoms. The number of aliphatic hydroxyl groups is 5. The predicted molar refractivity (Wildman–Crippen MR) is 309 cm³/mol. The molecule has 0 aromatic carbocycles. The molecule has 7 atom stereocenters. The van der Waals surface area contributed by atoms with Crippen LogP contribution in [0.25, 0.3) is 0 Å². The average molecular weight is 1030 g/mol. The summed E-state index contributed by atoms with van der Waals surface area (Å²) in [6.07, 6.45) is 62.9. The molecule has 432 valence electrons. The number of allylic oxidation sites excluding steroid dienone is 3. The minimum Gasteiger partial charge on any atom is -0.394 e. The molecular formula is C64H123NO8. The molecule has 0 radical (unpaired) electrons. The second-order valence-corrected chi connectivity index (χ2v) is 22.6. The van der Waals surface area contributed by atoms with Crippen LogP contribution in [0.3, 0.4) is 0 Å². The lowest BCUT2D eigenvalue weighted by Gasteiger charge is -2.40. The van der Waals surface area contributed by atoms with Gasteiger partial charge in [-0.1, -0.05) is 295 Å². The Hall–Kier alpha value is -1.33. The summed E-state index contributed by atoms with van der Waals surface area (Å²) in [5, 5.41) is 54.5. The van der Waals surface area contributed by atoms with Gasteiger partial charge in [-0.2, -0.15) is 0 Å². The van der Waals surface area contributed by atoms with Crippen LogP contribution in [0.4, 0.5) is 0 Å². The third kappa shape index (κ3) is 43.4. The molecule has 1 fully saturated rings. The topological polar surface area (TPSA) is 149 Å². The molecule has 0 aromatic heterocycles. The van der Waals surface area contributed by atoms with Crippen LogP contribution in [-0.4, -0.2) is 87.5 Å². The van der Waals surface area contributed by atoms with Crippen molar-refractivity contribution in [3.05, 3.63) is 24.3 Å². The highest BCUT2D eigenvalue weighted by Crippen LogP contribution is 2.23. The molecule has 0 spiro atoms. The van der Waals surface area contributed by atoms with Crippen molar-refractivity contribution in [2.24, 2.45) is 0 Å². The van der Waals surface area contributed by atoms with E-state index in [4.69, 9.17) is 9.47 Å². The van der Waals surface area contributed by atoms with E-state index < -0.39 is 49.5 Å². The van der Waals surface area contributed by atoms with E-state index in [1.54, 1.807) is 6.08 Å². The van der Waals surface area contributed by atoms with Crippen LogP contribution in [-0.2, 0) is 14.3 Å². The smallest absolute Gasteiger partial charge is 0.220 e. The van der Waals surface area contributed by atoms with E-state index in [1.165, 1.54) is 263 Å². The Kier molecular flexibility index (Phi) is 51.6. The molecule has 1 aliphatic rings. The summed E-state index contributed by atoms with van der Waals surface area (Å²) in [5.41, 5.74) is 0. The van der Waals surface area contributed by atoms with Gasteiger partial charge in [-0.05, 0) is 44.9 Å². The molecule has 1 amide bonds. The number of carbonyl (C=O) groups is 1. The van der Waals surface area contributed by atoms with E-state index in [1.807, 2.05) is 6.08 Å². The minimum atomic E-state index is -1.56. The zero-order valence-electron chi connectivity index (χ0n) is 48.2. The summed E-state index contributed by atoms with van der Waals surface area (Å²) in [5.74, 6) is -0.171. The summed E-state index contributed by atoms with van der Waals surface area (Å²) in [4.78, 5) is 13.1. The van der Waals surface area contributed by atoms with Crippen LogP contribution < -0.4 is 5.32 Å². The first kappa shape index (κ1) is 69.7. The Morgan fingerprint density at radius 3 is 1.11 bits per heavy atom. The lowest BCUT2D eigenvalue weighted by atomic mass is 9.99. The van der Waals surface area contributed by atoms with Crippen LogP contribution >= 0.6 is 0 Å². The van der Waals surface area contributed by atoms with Gasteiger partial charge in [0.25, 0.3) is 0 Å². The third-order valence-corrected chi connectivity index (χ3v) is 15.5. The summed E-state index contributed by atoms with van der Waals surface area (Å²) in [6.45, 7) is 3.80. The highest BCUT2D eigenvalue weighted by atomic mass is 16.7. The van der Waals surface area contributed by atoms with Crippen molar-refractivity contribution in [1.82, 2.24) is 5.32 Å². The molecule has 73 heavy (non-hydrogen) atoms. The molecule has 7 unspecified atom stereocenters. The molecular weight excluding hydrogens is 911 g/mol. The van der Waals surface area contributed by atoms with Crippen molar-refractivity contribution in [3.8, 4) is 0 Å². The highest BCUT2D eigenvalue weighted by molar-refractivity contribution is 5.76. The van der Waals surface area contributed by atoms with Crippen LogP contribution in [0, 0.1) is 0 Å². The van der Waals surface area contributed by atoms with Gasteiger partial charge in [-0.15, -0.1) is 0 Å². The lowest BCUT2D eigenvalue weighted by Crippen LogP contribution is -2.60. The number of unbranched alkanes of at least 4 members (excludes halogenated alkanes) is 44. The number of ether oxygens (including phenoxy) is 2. The molecule has 9 heteroatoms. The van der Waals surface area contributed by atoms with Crippen molar-refractivity contribution in [1.29, 1.82) is 0 Å². The van der Waals surface area contributed by atoms with Crippen molar-refractivity contribution in [2.45, 2.75) is 365 Å². The van der Waals surface area contributed by atoms with Gasteiger partial charge in [0.1, 0.15) is 24.4 Å². The minimum absolute atomic E-state index is 0.171. The SMILES string of the molecule is CCCCCCCCCC/C=C\CCCCCCCCCCCCCCCCCCCCCCCCCCCC(=O)NC(COC1OC(CO)C(O)C(O)C1O)C(O)/C=C/CCCCCCCCCCCCC. The first-order valence-electron chi connectivity index (χ1n) is 32.1. The summed E-state index contributed by atoms with van der Waals surface area (Å²) < 4.78 is 11.3. The first-order chi connectivity index (χ1) is 35.8. The highest BCUT2D eigenvalue weighted by Gasteiger charge is 2.44. The van der Waals surface area contributed by atoms with Gasteiger partial charge in [-0.25, -0.2) is 0 Å². The zero-order chi connectivity index (χ0) is 52.9. The van der Waals surface area contributed by atoms with Gasteiger partial charge in [-0.3, -0.25) is 4.79 Å². The lowest BCUT2D eigenvalue weighted by molar-refractivity contribution is -0.302. The van der Waals surface area contributed by atoms with Crippen molar-refractivity contribution >= 4 is 5.91 Å². The van der Waals surface area contributed by atoms with Gasteiger partial charge >= 0.3 is 0 Å². The fraction of sp³-hybridized carbons (Fsp3) is 0.922. The van der Waals surface area contributed by atoms with E-state index in [2.05, 4.69) is 31.3 Å². The summed E-state index contributed by atoms with van der Waals surface area (Å²) in [7, 11) is 0. The van der Waals surface area contributed by atoms with Gasteiger partial charge in [0.2, 0.25) is 5.91 Å². The molecule has 0 saturated carbocycles. The van der Waals surface area contributed by atoms with Crippen LogP contribution in [0.1, 0.15) is 322 Å². The number of aliphatic hydroxyl groups excluding tert-OH is 5. The van der Waals surface area contributed by atoms with Gasteiger partial charge in [0.05, 0.1) is 25.4 Å². The number of hydrogen-bond donors (Lipinski definition) is 6. The Bertz CT molecular complexity index is 1200. The average Bonchev–Trinajstić information content (AvgIpc) is 3.39. The molecule has 9 nitrogen and oxygen atoms in total. The quantitative estimate of drug-likeness (QED) is 0.0261. The second kappa shape index (κ2) is 54.0. The van der Waals surface area contributed by atoms with E-state index in [9.17, 15) is 30.3 Å². The number of carbonyl (C=O) groups excluding carboxylic acids is 1. The van der Waals surface area contributed by atoms with Crippen molar-refractivity contribution < 1.29 is 39.8 Å². The Balaban J connectivity index is 2.03. The fourth-order valence-electron chi connectivity index (χ4n) is 10.4. The molecule has 1 heterocycles. The Labute approximate surface area is 451 Å². The van der Waals surface area contributed by atoms with Crippen LogP contribution in [0.5, 0.6) is 0 Å². The fourth-order valence-corrected chi connectivity index (χ4v) is 10.4. The molecule has 1 saturated heterocycles. The maximum atomic E-state index is 13.1. The predicted octanol–water partition coefficient (Wildman–Crippen LogP) is 16.5.